The summed E-state index contributed by atoms with van der Waals surface area (Å²) in [4.78, 5) is 10.6. The largest absolute Gasteiger partial charge is 0.486 e. The molecule has 0 saturated carbocycles. The third-order valence-corrected chi connectivity index (χ3v) is 3.18. The third kappa shape index (κ3) is 2.28. The monoisotopic (exact) mass is 234 g/mol. The fourth-order valence-corrected chi connectivity index (χ4v) is 2.29. The first-order valence-corrected chi connectivity index (χ1v) is 6.13. The van der Waals surface area contributed by atoms with Gasteiger partial charge in [0.25, 0.3) is 0 Å². The Bertz CT molecular complexity index is 412. The number of hydrogen-bond acceptors (Lipinski definition) is 3. The molecule has 0 saturated heterocycles. The molecule has 3 nitrogen and oxygen atoms in total. The highest BCUT2D eigenvalue weighted by molar-refractivity contribution is 5.56. The molecule has 2 rings (SSSR count). The van der Waals surface area contributed by atoms with Crippen molar-refractivity contribution in [1.82, 2.24) is 0 Å². The number of hydrogen-bond donors (Lipinski definition) is 0. The summed E-state index contributed by atoms with van der Waals surface area (Å²) in [6, 6.07) is 4.00. The summed E-state index contributed by atoms with van der Waals surface area (Å²) in [5, 5.41) is 0. The number of carbonyl (C=O) groups excluding carboxylic acids is 1. The molecule has 92 valence electrons. The molecular weight excluding hydrogens is 216 g/mol. The molecule has 0 fully saturated rings. The van der Waals surface area contributed by atoms with E-state index in [4.69, 9.17) is 9.47 Å². The van der Waals surface area contributed by atoms with E-state index in [1.807, 2.05) is 6.07 Å². The Kier molecular flexibility index (Phi) is 3.67. The molecule has 0 aromatic heterocycles. The van der Waals surface area contributed by atoms with E-state index in [0.717, 1.165) is 24.2 Å². The molecule has 3 heteroatoms. The van der Waals surface area contributed by atoms with Crippen molar-refractivity contribution in [2.75, 3.05) is 13.2 Å². The molecule has 0 aliphatic carbocycles. The van der Waals surface area contributed by atoms with E-state index < -0.39 is 0 Å². The molecule has 0 N–H and O–H groups in total. The lowest BCUT2D eigenvalue weighted by Gasteiger charge is -2.24. The van der Waals surface area contributed by atoms with Gasteiger partial charge in [0, 0.05) is 12.0 Å². The van der Waals surface area contributed by atoms with Crippen LogP contribution in [0.15, 0.2) is 12.1 Å². The normalized spacial score (nSPS) is 15.4. The molecule has 0 bridgehead atoms. The van der Waals surface area contributed by atoms with Gasteiger partial charge in [-0.05, 0) is 24.0 Å². The van der Waals surface area contributed by atoms with Crippen molar-refractivity contribution in [2.45, 2.75) is 32.6 Å². The maximum Gasteiger partial charge on any atom is 0.164 e. The second kappa shape index (κ2) is 5.21. The lowest BCUT2D eigenvalue weighted by Crippen LogP contribution is -2.17. The lowest BCUT2D eigenvalue weighted by molar-refractivity contribution is -0.108. The quantitative estimate of drug-likeness (QED) is 0.751. The minimum Gasteiger partial charge on any atom is -0.486 e. The summed E-state index contributed by atoms with van der Waals surface area (Å²) in [5.41, 5.74) is 2.38. The molecule has 0 spiro atoms. The first-order chi connectivity index (χ1) is 8.27. The van der Waals surface area contributed by atoms with E-state index in [1.165, 1.54) is 11.1 Å². The minimum atomic E-state index is 0.235. The number of fused-ring (bicyclic) bond motifs is 1. The van der Waals surface area contributed by atoms with Gasteiger partial charge < -0.3 is 14.3 Å². The van der Waals surface area contributed by atoms with Crippen LogP contribution in [0.5, 0.6) is 11.5 Å². The minimum absolute atomic E-state index is 0.235. The molecule has 1 aromatic carbocycles. The summed E-state index contributed by atoms with van der Waals surface area (Å²) in [5.74, 6) is 1.93. The number of carbonyl (C=O) groups is 1. The van der Waals surface area contributed by atoms with Crippen LogP contribution in [0.1, 0.15) is 37.3 Å². The fourth-order valence-electron chi connectivity index (χ4n) is 2.29. The predicted molar refractivity (Wildman–Crippen MR) is 65.9 cm³/mol. The summed E-state index contributed by atoms with van der Waals surface area (Å²) in [6.07, 6.45) is 2.42. The summed E-state index contributed by atoms with van der Waals surface area (Å²) >= 11 is 0. The van der Waals surface area contributed by atoms with Gasteiger partial charge in [-0.25, -0.2) is 0 Å². The Morgan fingerprint density at radius 2 is 2.12 bits per heavy atom. The predicted octanol–water partition coefficient (Wildman–Crippen LogP) is 2.71. The van der Waals surface area contributed by atoms with E-state index in [2.05, 4.69) is 19.9 Å². The van der Waals surface area contributed by atoms with Gasteiger partial charge in [-0.1, -0.05) is 19.9 Å². The van der Waals surface area contributed by atoms with Crippen molar-refractivity contribution in [3.05, 3.63) is 23.3 Å². The van der Waals surface area contributed by atoms with Crippen LogP contribution in [0, 0.1) is 0 Å². The van der Waals surface area contributed by atoms with Crippen molar-refractivity contribution < 1.29 is 14.3 Å². The van der Waals surface area contributed by atoms with Gasteiger partial charge in [0.15, 0.2) is 11.5 Å². The Labute approximate surface area is 102 Å². The zero-order valence-electron chi connectivity index (χ0n) is 10.4. The van der Waals surface area contributed by atoms with Crippen LogP contribution in [0.25, 0.3) is 0 Å². The zero-order chi connectivity index (χ0) is 12.3. The average molecular weight is 234 g/mol. The molecule has 17 heavy (non-hydrogen) atoms. The third-order valence-electron chi connectivity index (χ3n) is 3.18. The average Bonchev–Trinajstić information content (AvgIpc) is 2.37. The highest BCUT2D eigenvalue weighted by Gasteiger charge is 2.20. The fraction of sp³-hybridized carbons (Fsp3) is 0.500. The molecule has 1 aliphatic heterocycles. The van der Waals surface area contributed by atoms with Crippen molar-refractivity contribution in [2.24, 2.45) is 0 Å². The highest BCUT2D eigenvalue weighted by atomic mass is 16.6. The van der Waals surface area contributed by atoms with Crippen LogP contribution in [-0.2, 0) is 11.2 Å². The first kappa shape index (κ1) is 12.0. The molecule has 1 unspecified atom stereocenters. The summed E-state index contributed by atoms with van der Waals surface area (Å²) in [7, 11) is 0. The standard InChI is InChI=1S/C14H18O3/c1-3-11-12(10(2)6-7-15)4-5-13-14(11)17-9-8-16-13/h4-5,7,10H,3,6,8-9H2,1-2H3. The second-order valence-electron chi connectivity index (χ2n) is 4.31. The first-order valence-electron chi connectivity index (χ1n) is 6.13. The van der Waals surface area contributed by atoms with Crippen LogP contribution in [0.4, 0.5) is 0 Å². The number of benzene rings is 1. The van der Waals surface area contributed by atoms with E-state index in [-0.39, 0.29) is 5.92 Å². The molecule has 1 heterocycles. The lowest BCUT2D eigenvalue weighted by atomic mass is 9.91. The van der Waals surface area contributed by atoms with E-state index in [9.17, 15) is 4.79 Å². The van der Waals surface area contributed by atoms with Crippen LogP contribution in [-0.4, -0.2) is 19.5 Å². The smallest absolute Gasteiger partial charge is 0.164 e. The Morgan fingerprint density at radius 3 is 2.82 bits per heavy atom. The second-order valence-corrected chi connectivity index (χ2v) is 4.31. The van der Waals surface area contributed by atoms with Crippen molar-refractivity contribution in [1.29, 1.82) is 0 Å². The Hall–Kier alpha value is -1.51. The van der Waals surface area contributed by atoms with Crippen molar-refractivity contribution in [3.63, 3.8) is 0 Å². The van der Waals surface area contributed by atoms with E-state index in [1.54, 1.807) is 0 Å². The van der Waals surface area contributed by atoms with Gasteiger partial charge in [0.1, 0.15) is 19.5 Å². The van der Waals surface area contributed by atoms with Gasteiger partial charge in [0.05, 0.1) is 0 Å². The van der Waals surface area contributed by atoms with Crippen LogP contribution >= 0.6 is 0 Å². The molecule has 1 aliphatic rings. The topological polar surface area (TPSA) is 35.5 Å². The van der Waals surface area contributed by atoms with Crippen LogP contribution < -0.4 is 9.47 Å². The van der Waals surface area contributed by atoms with Crippen molar-refractivity contribution in [3.8, 4) is 11.5 Å². The van der Waals surface area contributed by atoms with Gasteiger partial charge in [-0.15, -0.1) is 0 Å². The maximum absolute atomic E-state index is 10.6. The highest BCUT2D eigenvalue weighted by Crippen LogP contribution is 2.39. The number of ether oxygens (including phenoxy) is 2. The van der Waals surface area contributed by atoms with Gasteiger partial charge in [-0.2, -0.15) is 0 Å². The summed E-state index contributed by atoms with van der Waals surface area (Å²) in [6.45, 7) is 5.38. The molecule has 1 atom stereocenters. The zero-order valence-corrected chi connectivity index (χ0v) is 10.4. The summed E-state index contributed by atoms with van der Waals surface area (Å²) < 4.78 is 11.3. The molecular formula is C14H18O3. The van der Waals surface area contributed by atoms with Crippen LogP contribution in [0.3, 0.4) is 0 Å². The number of rotatable bonds is 4. The SMILES string of the molecule is CCc1c(C(C)CC=O)ccc2c1OCCO2. The Balaban J connectivity index is 2.42. The molecule has 0 radical (unpaired) electrons. The van der Waals surface area contributed by atoms with Gasteiger partial charge in [0.2, 0.25) is 0 Å². The number of aldehydes is 1. The Morgan fingerprint density at radius 1 is 1.35 bits per heavy atom. The van der Waals surface area contributed by atoms with E-state index >= 15 is 0 Å². The van der Waals surface area contributed by atoms with Crippen molar-refractivity contribution >= 4 is 6.29 Å². The van der Waals surface area contributed by atoms with Gasteiger partial charge in [-0.3, -0.25) is 0 Å². The van der Waals surface area contributed by atoms with E-state index in [0.29, 0.717) is 19.6 Å². The maximum atomic E-state index is 10.6. The van der Waals surface area contributed by atoms with Crippen LogP contribution in [0.2, 0.25) is 0 Å². The molecule has 0 amide bonds. The molecule has 1 aromatic rings. The van der Waals surface area contributed by atoms with Gasteiger partial charge >= 0.3 is 0 Å².